The molecular formula is C27H44N2O7S. The van der Waals surface area contributed by atoms with Gasteiger partial charge in [0.15, 0.2) is 15.6 Å². The zero-order valence-electron chi connectivity index (χ0n) is 23.3. The molecule has 1 aliphatic rings. The number of nitrogens with one attached hydrogen (secondary N) is 2. The maximum Gasteiger partial charge on any atom is 0.321 e. The second-order valence-corrected chi connectivity index (χ2v) is 13.3. The highest BCUT2D eigenvalue weighted by Gasteiger charge is 2.37. The SMILES string of the molecule is CCOC(=O)CS(=O)(=O)CC(C)(C)CCCC(C)(C(=O)NNC)c1cccc(CC2COC(C)(C)O2)c1. The van der Waals surface area contributed by atoms with E-state index in [4.69, 9.17) is 14.2 Å². The zero-order chi connectivity index (χ0) is 27.9. The molecule has 1 heterocycles. The second kappa shape index (κ2) is 12.7. The van der Waals surface area contributed by atoms with Gasteiger partial charge in [0.2, 0.25) is 5.91 Å². The Morgan fingerprint density at radius 1 is 1.19 bits per heavy atom. The van der Waals surface area contributed by atoms with Gasteiger partial charge in [0.25, 0.3) is 0 Å². The summed E-state index contributed by atoms with van der Waals surface area (Å²) in [6.45, 7) is 11.7. The second-order valence-electron chi connectivity index (χ2n) is 11.2. The fourth-order valence-corrected chi connectivity index (χ4v) is 6.71. The first kappa shape index (κ1) is 31.2. The predicted molar refractivity (Wildman–Crippen MR) is 143 cm³/mol. The number of sulfone groups is 1. The van der Waals surface area contributed by atoms with Crippen LogP contribution in [0.1, 0.15) is 71.9 Å². The molecule has 0 spiro atoms. The molecule has 10 heteroatoms. The third kappa shape index (κ3) is 9.67. The van der Waals surface area contributed by atoms with Gasteiger partial charge >= 0.3 is 5.97 Å². The van der Waals surface area contributed by atoms with Gasteiger partial charge in [-0.1, -0.05) is 44.5 Å². The van der Waals surface area contributed by atoms with Crippen molar-refractivity contribution < 1.29 is 32.2 Å². The third-order valence-corrected chi connectivity index (χ3v) is 8.52. The highest BCUT2D eigenvalue weighted by atomic mass is 32.2. The molecule has 2 N–H and O–H groups in total. The van der Waals surface area contributed by atoms with Crippen molar-refractivity contribution >= 4 is 21.7 Å². The lowest BCUT2D eigenvalue weighted by molar-refractivity contribution is -0.140. The van der Waals surface area contributed by atoms with E-state index in [0.717, 1.165) is 11.1 Å². The van der Waals surface area contributed by atoms with Gasteiger partial charge < -0.3 is 14.2 Å². The molecule has 1 amide bonds. The topological polar surface area (TPSA) is 120 Å². The van der Waals surface area contributed by atoms with Crippen LogP contribution in [-0.2, 0) is 45.5 Å². The Labute approximate surface area is 221 Å². The Morgan fingerprint density at radius 2 is 1.89 bits per heavy atom. The zero-order valence-corrected chi connectivity index (χ0v) is 24.1. The van der Waals surface area contributed by atoms with E-state index >= 15 is 0 Å². The maximum absolute atomic E-state index is 13.2. The van der Waals surface area contributed by atoms with Crippen molar-refractivity contribution in [3.05, 3.63) is 35.4 Å². The van der Waals surface area contributed by atoms with Crippen LogP contribution >= 0.6 is 0 Å². The predicted octanol–water partition coefficient (Wildman–Crippen LogP) is 3.06. The molecule has 0 radical (unpaired) electrons. The molecule has 2 unspecified atom stereocenters. The van der Waals surface area contributed by atoms with Crippen molar-refractivity contribution in [1.82, 2.24) is 10.9 Å². The van der Waals surface area contributed by atoms with E-state index in [-0.39, 0.29) is 24.4 Å². The quantitative estimate of drug-likeness (QED) is 0.273. The Balaban J connectivity index is 2.12. The number of ether oxygens (including phenoxy) is 3. The molecule has 0 aromatic heterocycles. The number of hydrogen-bond acceptors (Lipinski definition) is 8. The van der Waals surface area contributed by atoms with Gasteiger partial charge in [0, 0.05) is 13.5 Å². The Morgan fingerprint density at radius 3 is 2.49 bits per heavy atom. The van der Waals surface area contributed by atoms with Crippen LogP contribution in [0, 0.1) is 5.41 Å². The van der Waals surface area contributed by atoms with Crippen LogP contribution < -0.4 is 10.9 Å². The lowest BCUT2D eigenvalue weighted by atomic mass is 9.75. The summed E-state index contributed by atoms with van der Waals surface area (Å²) in [5.41, 5.74) is 5.98. The molecule has 1 aromatic carbocycles. The highest BCUT2D eigenvalue weighted by molar-refractivity contribution is 7.92. The summed E-state index contributed by atoms with van der Waals surface area (Å²) in [4.78, 5) is 24.9. The van der Waals surface area contributed by atoms with Crippen LogP contribution in [0.15, 0.2) is 24.3 Å². The molecule has 0 aliphatic carbocycles. The number of benzene rings is 1. The summed E-state index contributed by atoms with van der Waals surface area (Å²) in [7, 11) is -1.97. The van der Waals surface area contributed by atoms with Crippen molar-refractivity contribution in [1.29, 1.82) is 0 Å². The molecule has 0 saturated carbocycles. The van der Waals surface area contributed by atoms with Gasteiger partial charge in [-0.2, -0.15) is 0 Å². The molecule has 1 aromatic rings. The van der Waals surface area contributed by atoms with Crippen molar-refractivity contribution in [2.45, 2.75) is 84.5 Å². The maximum atomic E-state index is 13.2. The number of rotatable bonds is 14. The largest absolute Gasteiger partial charge is 0.465 e. The normalized spacial score (nSPS) is 19.3. The van der Waals surface area contributed by atoms with Crippen LogP contribution in [0.2, 0.25) is 0 Å². The van der Waals surface area contributed by atoms with Crippen LogP contribution in [0.4, 0.5) is 0 Å². The fourth-order valence-electron chi connectivity index (χ4n) is 4.83. The molecule has 0 bridgehead atoms. The first-order chi connectivity index (χ1) is 17.1. The van der Waals surface area contributed by atoms with E-state index in [2.05, 4.69) is 10.9 Å². The van der Waals surface area contributed by atoms with Crippen LogP contribution in [-0.4, -0.2) is 64.0 Å². The fraction of sp³-hybridized carbons (Fsp3) is 0.704. The van der Waals surface area contributed by atoms with Gasteiger partial charge in [-0.15, -0.1) is 0 Å². The third-order valence-electron chi connectivity index (χ3n) is 6.62. The molecule has 9 nitrogen and oxygen atoms in total. The van der Waals surface area contributed by atoms with Gasteiger partial charge in [-0.05, 0) is 57.1 Å². The minimum absolute atomic E-state index is 0.0556. The number of carbonyl (C=O) groups is 2. The average molecular weight is 541 g/mol. The highest BCUT2D eigenvalue weighted by Crippen LogP contribution is 2.35. The Hall–Kier alpha value is -2.01. The smallest absolute Gasteiger partial charge is 0.321 e. The number of carbonyl (C=O) groups excluding carboxylic acids is 2. The summed E-state index contributed by atoms with van der Waals surface area (Å²) >= 11 is 0. The monoisotopic (exact) mass is 540 g/mol. The summed E-state index contributed by atoms with van der Waals surface area (Å²) in [6, 6.07) is 7.96. The lowest BCUT2D eigenvalue weighted by Gasteiger charge is -2.31. The van der Waals surface area contributed by atoms with Gasteiger partial charge in [0.1, 0.15) is 5.75 Å². The van der Waals surface area contributed by atoms with E-state index in [9.17, 15) is 18.0 Å². The van der Waals surface area contributed by atoms with Crippen LogP contribution in [0.5, 0.6) is 0 Å². The van der Waals surface area contributed by atoms with Crippen molar-refractivity contribution in [2.24, 2.45) is 5.41 Å². The van der Waals surface area contributed by atoms with Crippen molar-refractivity contribution in [3.63, 3.8) is 0 Å². The van der Waals surface area contributed by atoms with E-state index in [1.165, 1.54) is 0 Å². The van der Waals surface area contributed by atoms with E-state index in [0.29, 0.717) is 32.3 Å². The van der Waals surface area contributed by atoms with Crippen LogP contribution in [0.3, 0.4) is 0 Å². The number of hydrogen-bond donors (Lipinski definition) is 2. The summed E-state index contributed by atoms with van der Waals surface area (Å²) in [5, 5.41) is 0. The van der Waals surface area contributed by atoms with E-state index in [1.54, 1.807) is 14.0 Å². The van der Waals surface area contributed by atoms with E-state index in [1.807, 2.05) is 58.9 Å². The first-order valence-electron chi connectivity index (χ1n) is 12.9. The molecule has 210 valence electrons. The van der Waals surface area contributed by atoms with Crippen molar-refractivity contribution in [2.75, 3.05) is 31.8 Å². The van der Waals surface area contributed by atoms with E-state index < -0.39 is 38.2 Å². The molecule has 1 aliphatic heterocycles. The summed E-state index contributed by atoms with van der Waals surface area (Å²) in [6.07, 6.45) is 2.32. The van der Waals surface area contributed by atoms with Crippen molar-refractivity contribution in [3.8, 4) is 0 Å². The number of amides is 1. The Kier molecular flexibility index (Phi) is 10.7. The first-order valence-corrected chi connectivity index (χ1v) is 14.7. The minimum Gasteiger partial charge on any atom is -0.465 e. The Bertz CT molecular complexity index is 1040. The molecule has 37 heavy (non-hydrogen) atoms. The van der Waals surface area contributed by atoms with Gasteiger partial charge in [0.05, 0.1) is 30.5 Å². The molecule has 2 rings (SSSR count). The standard InChI is InChI=1S/C27H44N2O7S/c1-8-34-23(30)18-37(32,33)19-25(2,3)13-10-14-27(6,24(31)29-28-7)21-12-9-11-20(15-21)16-22-17-35-26(4,5)36-22/h9,11-12,15,22,28H,8,10,13-14,16-19H2,1-7H3,(H,29,31). The molecule has 2 atom stereocenters. The average Bonchev–Trinajstić information content (AvgIpc) is 3.10. The number of esters is 1. The molecular weight excluding hydrogens is 496 g/mol. The summed E-state index contributed by atoms with van der Waals surface area (Å²) in [5.74, 6) is -2.24. The number of hydrazine groups is 1. The molecule has 1 saturated heterocycles. The minimum atomic E-state index is -3.62. The summed E-state index contributed by atoms with van der Waals surface area (Å²) < 4.78 is 41.5. The van der Waals surface area contributed by atoms with Gasteiger partial charge in [-0.25, -0.2) is 13.8 Å². The lowest BCUT2D eigenvalue weighted by Crippen LogP contribution is -2.47. The molecule has 1 fully saturated rings. The van der Waals surface area contributed by atoms with Crippen LogP contribution in [0.25, 0.3) is 0 Å². The van der Waals surface area contributed by atoms with Gasteiger partial charge in [-0.3, -0.25) is 15.0 Å².